The van der Waals surface area contributed by atoms with Crippen LogP contribution in [-0.4, -0.2) is 45.2 Å². The van der Waals surface area contributed by atoms with E-state index in [1.165, 1.54) is 50.7 Å². The maximum atomic E-state index is 9.83. The smallest absolute Gasteiger partial charge is 0.550 e. The summed E-state index contributed by atoms with van der Waals surface area (Å²) in [7, 11) is 0. The zero-order valence-corrected chi connectivity index (χ0v) is 32.3. The zero-order chi connectivity index (χ0) is 37.8. The molecule has 2 aromatic carbocycles. The molecule has 0 saturated carbocycles. The first-order chi connectivity index (χ1) is 24.2. The number of rotatable bonds is 8. The Bertz CT molecular complexity index is 1790. The molecule has 0 bridgehead atoms. The molecule has 0 amide bonds. The molecule has 4 aromatic heterocycles. The Kier molecular flexibility index (Phi) is 20.7. The second kappa shape index (κ2) is 24.0. The van der Waals surface area contributed by atoms with Gasteiger partial charge in [-0.2, -0.15) is 0 Å². The molecule has 4 heterocycles. The SMILES string of the molecule is CC(=O)CC(=O)[O-].CC(=O)CC(=O)[O-].CC(=O)CC(=O)[O-].[Ir+3].c1ccc(-c2cc3ccccc3s2)nc1.c1ccc(-c2cc3ccccc3s2)nc1. The summed E-state index contributed by atoms with van der Waals surface area (Å²) in [4.78, 5) is 69.1. The summed E-state index contributed by atoms with van der Waals surface area (Å²) in [6.45, 7) is 3.61. The molecule has 11 nitrogen and oxygen atoms in total. The number of thiophene rings is 2. The van der Waals surface area contributed by atoms with Crippen molar-refractivity contribution in [3.63, 3.8) is 0 Å². The number of hydrogen-bond acceptors (Lipinski definition) is 13. The molecule has 0 fully saturated rings. The molecule has 0 saturated heterocycles. The minimum Gasteiger partial charge on any atom is -0.550 e. The molecule has 0 spiro atoms. The predicted octanol–water partition coefficient (Wildman–Crippen LogP) is 4.07. The number of fused-ring (bicyclic) bond motifs is 2. The number of aliphatic carboxylic acids is 3. The molecule has 0 N–H and O–H groups in total. The molecule has 6 rings (SSSR count). The molecule has 270 valence electrons. The number of nitrogens with zero attached hydrogens (tertiary/aromatic N) is 2. The van der Waals surface area contributed by atoms with Gasteiger partial charge >= 0.3 is 20.1 Å². The van der Waals surface area contributed by atoms with Crippen molar-refractivity contribution < 1.29 is 64.2 Å². The maximum Gasteiger partial charge on any atom is 3.00 e. The average Bonchev–Trinajstić information content (AvgIpc) is 3.70. The molecule has 0 atom stereocenters. The van der Waals surface area contributed by atoms with Gasteiger partial charge in [0.2, 0.25) is 0 Å². The van der Waals surface area contributed by atoms with Gasteiger partial charge in [0.15, 0.2) is 0 Å². The summed E-state index contributed by atoms with van der Waals surface area (Å²) >= 11 is 3.58. The van der Waals surface area contributed by atoms with Crippen molar-refractivity contribution in [1.29, 1.82) is 0 Å². The van der Waals surface area contributed by atoms with Gasteiger partial charge in [0.25, 0.3) is 0 Å². The van der Waals surface area contributed by atoms with Gasteiger partial charge in [0.1, 0.15) is 17.3 Å². The van der Waals surface area contributed by atoms with Crippen molar-refractivity contribution in [2.24, 2.45) is 0 Å². The summed E-state index contributed by atoms with van der Waals surface area (Å²) in [6, 6.07) is 33.2. The molecule has 0 aliphatic heterocycles. The minimum absolute atomic E-state index is 0. The van der Waals surface area contributed by atoms with Crippen molar-refractivity contribution in [2.75, 3.05) is 0 Å². The maximum absolute atomic E-state index is 9.83. The van der Waals surface area contributed by atoms with E-state index in [0.29, 0.717) is 0 Å². The van der Waals surface area contributed by atoms with Crippen LogP contribution >= 0.6 is 22.7 Å². The average molecular weight is 918 g/mol. The van der Waals surface area contributed by atoms with Gasteiger partial charge in [0.05, 0.1) is 21.1 Å². The molecule has 0 aliphatic carbocycles. The van der Waals surface area contributed by atoms with Crippen molar-refractivity contribution in [1.82, 2.24) is 9.97 Å². The van der Waals surface area contributed by atoms with Crippen molar-refractivity contribution in [3.05, 3.63) is 109 Å². The summed E-state index contributed by atoms with van der Waals surface area (Å²) in [5.74, 6) is -5.06. The Morgan fingerprint density at radius 3 is 1.04 bits per heavy atom. The Balaban J connectivity index is 0.000000343. The number of carboxylic acids is 3. The van der Waals surface area contributed by atoms with Crippen LogP contribution in [-0.2, 0) is 48.9 Å². The number of benzene rings is 2. The molecule has 0 aliphatic rings. The molecule has 0 radical (unpaired) electrons. The van der Waals surface area contributed by atoms with Crippen LogP contribution < -0.4 is 15.3 Å². The van der Waals surface area contributed by atoms with E-state index in [1.807, 2.05) is 48.8 Å². The topological polar surface area (TPSA) is 197 Å². The third-order valence-corrected chi connectivity index (χ3v) is 8.14. The number of ketones is 3. The van der Waals surface area contributed by atoms with Crippen molar-refractivity contribution in [3.8, 4) is 21.1 Å². The van der Waals surface area contributed by atoms with Crippen molar-refractivity contribution in [2.45, 2.75) is 40.0 Å². The van der Waals surface area contributed by atoms with E-state index >= 15 is 0 Å². The first kappa shape index (κ1) is 44.8. The van der Waals surface area contributed by atoms with E-state index in [1.54, 1.807) is 22.7 Å². The number of carbonyl (C=O) groups excluding carboxylic acids is 6. The Morgan fingerprint density at radius 2 is 0.808 bits per heavy atom. The van der Waals surface area contributed by atoms with E-state index in [0.717, 1.165) is 11.4 Å². The van der Waals surface area contributed by atoms with E-state index in [-0.39, 0.29) is 37.5 Å². The summed E-state index contributed by atoms with van der Waals surface area (Å²) in [5.41, 5.74) is 2.11. The third kappa shape index (κ3) is 18.1. The number of hydrogen-bond donors (Lipinski definition) is 0. The molecular formula is C38H33IrN2O9S2. The fourth-order valence-corrected chi connectivity index (χ4v) is 5.92. The monoisotopic (exact) mass is 918 g/mol. The van der Waals surface area contributed by atoms with E-state index in [4.69, 9.17) is 0 Å². The largest absolute Gasteiger partial charge is 3.00 e. The fourth-order valence-electron chi connectivity index (χ4n) is 3.84. The molecule has 52 heavy (non-hydrogen) atoms. The van der Waals surface area contributed by atoms with Crippen LogP contribution in [0.5, 0.6) is 0 Å². The van der Waals surface area contributed by atoms with Gasteiger partial charge in [-0.3, -0.25) is 24.4 Å². The molecule has 14 heteroatoms. The van der Waals surface area contributed by atoms with Crippen LogP contribution in [0.1, 0.15) is 40.0 Å². The zero-order valence-electron chi connectivity index (χ0n) is 28.2. The Hall–Kier alpha value is -5.27. The quantitative estimate of drug-likeness (QED) is 0.200. The molecule has 6 aromatic rings. The first-order valence-electron chi connectivity index (χ1n) is 15.1. The van der Waals surface area contributed by atoms with E-state index in [9.17, 15) is 44.1 Å². The fraction of sp³-hybridized carbons (Fsp3) is 0.158. The van der Waals surface area contributed by atoms with Crippen LogP contribution in [0.15, 0.2) is 109 Å². The minimum atomic E-state index is -1.31. The van der Waals surface area contributed by atoms with Crippen LogP contribution in [0.4, 0.5) is 0 Å². The first-order valence-corrected chi connectivity index (χ1v) is 16.8. The van der Waals surface area contributed by atoms with Crippen LogP contribution in [0.3, 0.4) is 0 Å². The summed E-state index contributed by atoms with van der Waals surface area (Å²) in [5, 5.41) is 31.0. The van der Waals surface area contributed by atoms with Crippen molar-refractivity contribution >= 4 is 78.1 Å². The van der Waals surface area contributed by atoms with Gasteiger partial charge in [0, 0.05) is 59.0 Å². The predicted molar refractivity (Wildman–Crippen MR) is 191 cm³/mol. The number of aromatic nitrogens is 2. The van der Waals surface area contributed by atoms with E-state index < -0.39 is 37.2 Å². The third-order valence-electron chi connectivity index (χ3n) is 5.87. The Morgan fingerprint density at radius 1 is 0.500 bits per heavy atom. The summed E-state index contributed by atoms with van der Waals surface area (Å²) < 4.78 is 2.64. The molecular weight excluding hydrogens is 885 g/mol. The molecule has 0 unspecified atom stereocenters. The van der Waals surface area contributed by atoms with Crippen LogP contribution in [0.25, 0.3) is 41.3 Å². The van der Waals surface area contributed by atoms with Gasteiger partial charge in [-0.15, -0.1) is 22.7 Å². The standard InChI is InChI=1S/2C13H9NS.3C4H6O3.Ir/c2*1-2-7-12-10(5-1)9-13(15-12)11-6-3-4-8-14-11;3*1-3(5)2-4(6)7;/h2*1-9H;3*2H2,1H3,(H,6,7);/q;;;;;+3/p-3. The van der Waals surface area contributed by atoms with Crippen LogP contribution in [0, 0.1) is 0 Å². The van der Waals surface area contributed by atoms with Crippen LogP contribution in [0.2, 0.25) is 0 Å². The van der Waals surface area contributed by atoms with E-state index in [2.05, 4.69) is 70.6 Å². The Labute approximate surface area is 321 Å². The number of carbonyl (C=O) groups is 6. The van der Waals surface area contributed by atoms with Gasteiger partial charge in [-0.25, -0.2) is 0 Å². The van der Waals surface area contributed by atoms with Gasteiger partial charge in [-0.1, -0.05) is 48.5 Å². The second-order valence-corrected chi connectivity index (χ2v) is 12.6. The number of carboxylic acid groups (broad SMARTS) is 3. The number of pyridine rings is 2. The van der Waals surface area contributed by atoms with Gasteiger partial charge < -0.3 is 29.7 Å². The van der Waals surface area contributed by atoms with Gasteiger partial charge in [-0.05, 0) is 80.1 Å². The normalized spacial score (nSPS) is 9.44. The summed E-state index contributed by atoms with van der Waals surface area (Å²) in [6.07, 6.45) is 2.25. The number of Topliss-reactive ketones (excluding diaryl/α,β-unsaturated/α-hetero) is 3. The second-order valence-electron chi connectivity index (χ2n) is 10.5.